The number of nitrogens with one attached hydrogen (secondary N) is 4. The molecule has 0 aliphatic rings. The Bertz CT molecular complexity index is 1090. The molecule has 0 bridgehead atoms. The molecule has 206 valence electrons. The number of carboxylic acids is 1. The third-order valence-corrected chi connectivity index (χ3v) is 5.80. The number of aliphatic carboxylic acids is 1. The van der Waals surface area contributed by atoms with Gasteiger partial charge in [-0.3, -0.25) is 19.2 Å². The molecule has 0 saturated heterocycles. The number of nitrogens with zero attached hydrogens (tertiary/aromatic N) is 1. The summed E-state index contributed by atoms with van der Waals surface area (Å²) in [7, 11) is 0. The predicted molar refractivity (Wildman–Crippen MR) is 137 cm³/mol. The summed E-state index contributed by atoms with van der Waals surface area (Å²) >= 11 is 0. The highest BCUT2D eigenvalue weighted by Gasteiger charge is 2.32. The monoisotopic (exact) mass is 529 g/mol. The highest BCUT2D eigenvalue weighted by Crippen LogP contribution is 2.08. The number of imidazole rings is 1. The molecule has 9 N–H and O–H groups in total. The molecule has 0 aliphatic carbocycles. The van der Waals surface area contributed by atoms with E-state index in [2.05, 4.69) is 25.9 Å². The fourth-order valence-electron chi connectivity index (χ4n) is 3.63. The molecule has 2 aromatic rings. The van der Waals surface area contributed by atoms with Gasteiger partial charge in [-0.25, -0.2) is 9.78 Å². The van der Waals surface area contributed by atoms with Crippen molar-refractivity contribution in [2.75, 3.05) is 0 Å². The van der Waals surface area contributed by atoms with Crippen molar-refractivity contribution in [3.63, 3.8) is 0 Å². The second kappa shape index (κ2) is 14.5. The largest absolute Gasteiger partial charge is 0.480 e. The first kappa shape index (κ1) is 30.0. The first-order valence-corrected chi connectivity index (χ1v) is 12.2. The Morgan fingerprint density at radius 3 is 2.11 bits per heavy atom. The fraction of sp³-hybridized carbons (Fsp3) is 0.440. The molecule has 4 atom stereocenters. The number of carbonyl (C=O) groups excluding carboxylic acids is 4. The van der Waals surface area contributed by atoms with Gasteiger partial charge in [-0.05, 0) is 17.9 Å². The van der Waals surface area contributed by atoms with Crippen LogP contribution in [0, 0.1) is 5.92 Å². The topological polar surface area (TPSA) is 222 Å². The summed E-state index contributed by atoms with van der Waals surface area (Å²) in [6, 6.07) is 4.34. The Balaban J connectivity index is 2.25. The number of carboxylic acid groups (broad SMARTS) is 1. The number of aromatic amines is 1. The van der Waals surface area contributed by atoms with E-state index < -0.39 is 59.7 Å². The third-order valence-electron chi connectivity index (χ3n) is 5.80. The van der Waals surface area contributed by atoms with Crippen molar-refractivity contribution in [3.05, 3.63) is 54.1 Å². The van der Waals surface area contributed by atoms with Crippen molar-refractivity contribution < 1.29 is 29.1 Å². The molecule has 13 heteroatoms. The van der Waals surface area contributed by atoms with Crippen LogP contribution in [0.15, 0.2) is 42.9 Å². The van der Waals surface area contributed by atoms with E-state index in [4.69, 9.17) is 11.5 Å². The zero-order valence-electron chi connectivity index (χ0n) is 21.3. The number of rotatable bonds is 15. The molecule has 1 aromatic carbocycles. The van der Waals surface area contributed by atoms with E-state index in [1.54, 1.807) is 44.2 Å². The van der Waals surface area contributed by atoms with Gasteiger partial charge < -0.3 is 37.5 Å². The van der Waals surface area contributed by atoms with Gasteiger partial charge in [0.15, 0.2) is 0 Å². The van der Waals surface area contributed by atoms with Gasteiger partial charge in [-0.15, -0.1) is 0 Å². The quantitative estimate of drug-likeness (QED) is 0.151. The molecule has 0 saturated carbocycles. The van der Waals surface area contributed by atoms with Crippen LogP contribution in [-0.2, 0) is 36.8 Å². The number of amides is 4. The SMILES string of the molecule is CC(C)C(NC(=O)C(Cc1cnc[nH]1)NC(=O)C(Cc1ccccc1)NC(=O)C(N)CCC(N)=O)C(=O)O. The lowest BCUT2D eigenvalue weighted by molar-refractivity contribution is -0.143. The highest BCUT2D eigenvalue weighted by atomic mass is 16.4. The number of benzene rings is 1. The second-order valence-electron chi connectivity index (χ2n) is 9.27. The number of nitrogens with two attached hydrogens (primary N) is 2. The van der Waals surface area contributed by atoms with E-state index in [0.29, 0.717) is 5.69 Å². The molecule has 0 radical (unpaired) electrons. The third kappa shape index (κ3) is 9.65. The smallest absolute Gasteiger partial charge is 0.326 e. The van der Waals surface area contributed by atoms with Crippen LogP contribution >= 0.6 is 0 Å². The van der Waals surface area contributed by atoms with E-state index in [-0.39, 0.29) is 25.7 Å². The molecule has 0 aliphatic heterocycles. The van der Waals surface area contributed by atoms with E-state index in [1.807, 2.05) is 0 Å². The van der Waals surface area contributed by atoms with Crippen molar-refractivity contribution in [3.8, 4) is 0 Å². The molecule has 1 aromatic heterocycles. The first-order chi connectivity index (χ1) is 18.0. The lowest BCUT2D eigenvalue weighted by Gasteiger charge is -2.26. The standard InChI is InChI=1S/C25H35N7O6/c1-14(2)21(25(37)38)32-24(36)19(11-16-12-28-13-29-16)31-23(35)18(10-15-6-4-3-5-7-15)30-22(34)17(26)8-9-20(27)33/h3-7,12-14,17-19,21H,8-11,26H2,1-2H3,(H2,27,33)(H,28,29)(H,30,34)(H,31,35)(H,32,36)(H,37,38). The van der Waals surface area contributed by atoms with E-state index in [9.17, 15) is 29.1 Å². The van der Waals surface area contributed by atoms with E-state index in [0.717, 1.165) is 5.56 Å². The van der Waals surface area contributed by atoms with Crippen LogP contribution in [0.25, 0.3) is 0 Å². The lowest BCUT2D eigenvalue weighted by Crippen LogP contribution is -2.58. The van der Waals surface area contributed by atoms with Gasteiger partial charge in [-0.2, -0.15) is 0 Å². The van der Waals surface area contributed by atoms with Gasteiger partial charge in [-0.1, -0.05) is 44.2 Å². The van der Waals surface area contributed by atoms with Gasteiger partial charge in [0.25, 0.3) is 0 Å². The molecular formula is C25H35N7O6. The number of H-pyrrole nitrogens is 1. The number of primary amides is 1. The predicted octanol–water partition coefficient (Wildman–Crippen LogP) is -1.02. The summed E-state index contributed by atoms with van der Waals surface area (Å²) in [5, 5.41) is 17.2. The van der Waals surface area contributed by atoms with E-state index in [1.165, 1.54) is 12.5 Å². The van der Waals surface area contributed by atoms with Gasteiger partial charge in [0, 0.05) is 31.2 Å². The van der Waals surface area contributed by atoms with Gasteiger partial charge >= 0.3 is 5.97 Å². The van der Waals surface area contributed by atoms with Crippen LogP contribution in [0.5, 0.6) is 0 Å². The number of hydrogen-bond donors (Lipinski definition) is 7. The van der Waals surface area contributed by atoms with Crippen molar-refractivity contribution >= 4 is 29.6 Å². The van der Waals surface area contributed by atoms with Crippen LogP contribution in [0.3, 0.4) is 0 Å². The Morgan fingerprint density at radius 2 is 1.55 bits per heavy atom. The Hall–Kier alpha value is -4.26. The van der Waals surface area contributed by atoms with Crippen molar-refractivity contribution in [1.29, 1.82) is 0 Å². The van der Waals surface area contributed by atoms with Gasteiger partial charge in [0.05, 0.1) is 12.4 Å². The Labute approximate surface area is 220 Å². The van der Waals surface area contributed by atoms with Crippen LogP contribution in [0.4, 0.5) is 0 Å². The average molecular weight is 530 g/mol. The molecule has 0 spiro atoms. The Kier molecular flexibility index (Phi) is 11.4. The van der Waals surface area contributed by atoms with Crippen molar-refractivity contribution in [2.24, 2.45) is 17.4 Å². The van der Waals surface area contributed by atoms with Crippen molar-refractivity contribution in [2.45, 2.75) is 63.7 Å². The molecule has 4 amide bonds. The normalized spacial score (nSPS) is 14.1. The Morgan fingerprint density at radius 1 is 0.947 bits per heavy atom. The van der Waals surface area contributed by atoms with Gasteiger partial charge in [0.1, 0.15) is 18.1 Å². The summed E-state index contributed by atoms with van der Waals surface area (Å²) in [6.45, 7) is 3.29. The minimum Gasteiger partial charge on any atom is -0.480 e. The maximum absolute atomic E-state index is 13.4. The molecule has 1 heterocycles. The fourth-order valence-corrected chi connectivity index (χ4v) is 3.63. The molecule has 13 nitrogen and oxygen atoms in total. The van der Waals surface area contributed by atoms with Crippen LogP contribution in [0.1, 0.15) is 37.9 Å². The minimum absolute atomic E-state index is 0.00250. The first-order valence-electron chi connectivity index (χ1n) is 12.2. The summed E-state index contributed by atoms with van der Waals surface area (Å²) in [6.07, 6.45) is 2.86. The molecular weight excluding hydrogens is 494 g/mol. The van der Waals surface area contributed by atoms with Gasteiger partial charge in [0.2, 0.25) is 23.6 Å². The second-order valence-corrected chi connectivity index (χ2v) is 9.27. The number of hydrogen-bond acceptors (Lipinski definition) is 7. The number of carbonyl (C=O) groups is 5. The van der Waals surface area contributed by atoms with Crippen LogP contribution in [0.2, 0.25) is 0 Å². The van der Waals surface area contributed by atoms with Crippen molar-refractivity contribution in [1.82, 2.24) is 25.9 Å². The maximum Gasteiger partial charge on any atom is 0.326 e. The average Bonchev–Trinajstić information content (AvgIpc) is 3.38. The summed E-state index contributed by atoms with van der Waals surface area (Å²) < 4.78 is 0. The molecule has 38 heavy (non-hydrogen) atoms. The zero-order chi connectivity index (χ0) is 28.2. The lowest BCUT2D eigenvalue weighted by atomic mass is 10.0. The highest BCUT2D eigenvalue weighted by molar-refractivity contribution is 5.94. The molecule has 4 unspecified atom stereocenters. The molecule has 0 fully saturated rings. The zero-order valence-corrected chi connectivity index (χ0v) is 21.3. The number of aromatic nitrogens is 2. The maximum atomic E-state index is 13.4. The summed E-state index contributed by atoms with van der Waals surface area (Å²) in [5.74, 6) is -4.29. The summed E-state index contributed by atoms with van der Waals surface area (Å²) in [5.41, 5.74) is 12.3. The molecule has 2 rings (SSSR count). The van der Waals surface area contributed by atoms with E-state index >= 15 is 0 Å². The van der Waals surface area contributed by atoms with Crippen LogP contribution < -0.4 is 27.4 Å². The summed E-state index contributed by atoms with van der Waals surface area (Å²) in [4.78, 5) is 68.7. The van der Waals surface area contributed by atoms with Crippen LogP contribution in [-0.4, -0.2) is 68.8 Å². The minimum atomic E-state index is -1.21.